The number of rotatable bonds is 3. The fourth-order valence-electron chi connectivity index (χ4n) is 2.37. The molecule has 20 heavy (non-hydrogen) atoms. The number of nitrogens with zero attached hydrogens (tertiary/aromatic N) is 1. The summed E-state index contributed by atoms with van der Waals surface area (Å²) >= 11 is 0. The zero-order valence-electron chi connectivity index (χ0n) is 11.8. The van der Waals surface area contributed by atoms with Crippen LogP contribution >= 0.6 is 0 Å². The summed E-state index contributed by atoms with van der Waals surface area (Å²) in [6.45, 7) is 3.86. The van der Waals surface area contributed by atoms with Gasteiger partial charge < -0.3 is 10.5 Å². The zero-order chi connectivity index (χ0) is 15.1. The van der Waals surface area contributed by atoms with E-state index in [0.717, 1.165) is 6.07 Å². The molecule has 2 N–H and O–H groups in total. The molecule has 112 valence electrons. The molecule has 5 nitrogen and oxygen atoms in total. The number of hydrogen-bond donors (Lipinski definition) is 1. The second kappa shape index (κ2) is 5.31. The van der Waals surface area contributed by atoms with Crippen LogP contribution < -0.4 is 5.73 Å². The summed E-state index contributed by atoms with van der Waals surface area (Å²) in [7, 11) is -2.30. The third-order valence-electron chi connectivity index (χ3n) is 3.84. The van der Waals surface area contributed by atoms with E-state index < -0.39 is 15.8 Å². The fraction of sp³-hybridized carbons (Fsp3) is 0.538. The monoisotopic (exact) mass is 302 g/mol. The van der Waals surface area contributed by atoms with Crippen molar-refractivity contribution in [3.05, 3.63) is 23.5 Å². The molecular formula is C13H19FN2O3S. The Morgan fingerprint density at radius 2 is 2.10 bits per heavy atom. The van der Waals surface area contributed by atoms with Gasteiger partial charge in [0, 0.05) is 24.9 Å². The number of benzene rings is 1. The average molecular weight is 302 g/mol. The van der Waals surface area contributed by atoms with Gasteiger partial charge in [-0.15, -0.1) is 0 Å². The Hall–Kier alpha value is -1.18. The van der Waals surface area contributed by atoms with Crippen molar-refractivity contribution in [3.63, 3.8) is 0 Å². The van der Waals surface area contributed by atoms with Crippen LogP contribution in [-0.4, -0.2) is 38.5 Å². The van der Waals surface area contributed by atoms with Crippen LogP contribution in [0.2, 0.25) is 0 Å². The molecule has 0 amide bonds. The van der Waals surface area contributed by atoms with Crippen molar-refractivity contribution in [3.8, 4) is 0 Å². The molecule has 7 heteroatoms. The van der Waals surface area contributed by atoms with E-state index in [4.69, 9.17) is 10.5 Å². The van der Waals surface area contributed by atoms with Gasteiger partial charge in [0.1, 0.15) is 5.82 Å². The van der Waals surface area contributed by atoms with E-state index in [-0.39, 0.29) is 28.3 Å². The molecule has 0 aromatic heterocycles. The summed E-state index contributed by atoms with van der Waals surface area (Å²) in [5.41, 5.74) is 6.04. The molecule has 0 spiro atoms. The van der Waals surface area contributed by atoms with Crippen molar-refractivity contribution >= 4 is 15.7 Å². The van der Waals surface area contributed by atoms with Crippen molar-refractivity contribution in [1.29, 1.82) is 0 Å². The van der Waals surface area contributed by atoms with Crippen LogP contribution in [0.1, 0.15) is 18.9 Å². The lowest BCUT2D eigenvalue weighted by Crippen LogP contribution is -2.41. The lowest BCUT2D eigenvalue weighted by Gasteiger charge is -2.26. The number of likely N-dealkylation sites (N-methyl/N-ethyl adjacent to an activating group) is 1. The Labute approximate surface area is 118 Å². The number of hydrogen-bond acceptors (Lipinski definition) is 4. The quantitative estimate of drug-likeness (QED) is 0.859. The molecule has 0 bridgehead atoms. The molecule has 0 radical (unpaired) electrons. The minimum atomic E-state index is -3.78. The van der Waals surface area contributed by atoms with Crippen LogP contribution in [0.5, 0.6) is 0 Å². The highest BCUT2D eigenvalue weighted by Crippen LogP contribution is 2.27. The molecule has 2 atom stereocenters. The number of sulfonamides is 1. The van der Waals surface area contributed by atoms with E-state index in [2.05, 4.69) is 0 Å². The maximum Gasteiger partial charge on any atom is 0.243 e. The molecule has 2 unspecified atom stereocenters. The molecule has 1 aromatic rings. The highest BCUT2D eigenvalue weighted by Gasteiger charge is 2.35. The van der Waals surface area contributed by atoms with E-state index in [1.807, 2.05) is 6.92 Å². The van der Waals surface area contributed by atoms with Gasteiger partial charge in [-0.3, -0.25) is 0 Å². The molecule has 0 aliphatic carbocycles. The topological polar surface area (TPSA) is 72.6 Å². The van der Waals surface area contributed by atoms with Gasteiger partial charge in [-0.1, -0.05) is 0 Å². The number of nitrogens with two attached hydrogens (primary N) is 1. The van der Waals surface area contributed by atoms with Crippen LogP contribution in [0.15, 0.2) is 17.0 Å². The number of anilines is 1. The molecule has 1 heterocycles. The standard InChI is InChI=1S/C13H19FN2O3S/c1-8-11(14)6-10(7-12(8)15)20(17,18)16(3)13-4-5-19-9(13)2/h6-7,9,13H,4-5,15H2,1-3H3. The molecular weight excluding hydrogens is 283 g/mol. The van der Waals surface area contributed by atoms with Crippen LogP contribution in [0.25, 0.3) is 0 Å². The summed E-state index contributed by atoms with van der Waals surface area (Å²) in [5.74, 6) is -0.618. The maximum absolute atomic E-state index is 13.7. The van der Waals surface area contributed by atoms with Crippen molar-refractivity contribution in [2.24, 2.45) is 0 Å². The van der Waals surface area contributed by atoms with E-state index in [0.29, 0.717) is 13.0 Å². The summed E-state index contributed by atoms with van der Waals surface area (Å²) in [5, 5.41) is 0. The molecule has 1 aliphatic heterocycles. The van der Waals surface area contributed by atoms with Gasteiger partial charge in [0.2, 0.25) is 10.0 Å². The van der Waals surface area contributed by atoms with Crippen LogP contribution in [0.3, 0.4) is 0 Å². The predicted octanol–water partition coefficient (Wildman–Crippen LogP) is 1.51. The van der Waals surface area contributed by atoms with Gasteiger partial charge >= 0.3 is 0 Å². The van der Waals surface area contributed by atoms with E-state index in [1.165, 1.54) is 24.3 Å². The Morgan fingerprint density at radius 3 is 2.60 bits per heavy atom. The van der Waals surface area contributed by atoms with Crippen LogP contribution in [0.4, 0.5) is 10.1 Å². The van der Waals surface area contributed by atoms with Crippen molar-refractivity contribution < 1.29 is 17.5 Å². The SMILES string of the molecule is Cc1c(N)cc(S(=O)(=O)N(C)C2CCOC2C)cc1F. The normalized spacial score (nSPS) is 23.4. The highest BCUT2D eigenvalue weighted by atomic mass is 32.2. The average Bonchev–Trinajstić information content (AvgIpc) is 2.80. The highest BCUT2D eigenvalue weighted by molar-refractivity contribution is 7.89. The fourth-order valence-corrected chi connectivity index (χ4v) is 3.86. The Kier molecular flexibility index (Phi) is 4.04. The predicted molar refractivity (Wildman–Crippen MR) is 74.3 cm³/mol. The minimum absolute atomic E-state index is 0.125. The summed E-state index contributed by atoms with van der Waals surface area (Å²) in [6.07, 6.45) is 0.447. The van der Waals surface area contributed by atoms with E-state index in [1.54, 1.807) is 0 Å². The van der Waals surface area contributed by atoms with Gasteiger partial charge in [-0.2, -0.15) is 4.31 Å². The minimum Gasteiger partial charge on any atom is -0.398 e. The van der Waals surface area contributed by atoms with Gasteiger partial charge in [-0.25, -0.2) is 12.8 Å². The van der Waals surface area contributed by atoms with Gasteiger partial charge in [-0.05, 0) is 32.4 Å². The first-order valence-electron chi connectivity index (χ1n) is 6.40. The Balaban J connectivity index is 2.40. The third-order valence-corrected chi connectivity index (χ3v) is 5.70. The van der Waals surface area contributed by atoms with Crippen molar-refractivity contribution in [1.82, 2.24) is 4.31 Å². The van der Waals surface area contributed by atoms with Gasteiger partial charge in [0.25, 0.3) is 0 Å². The second-order valence-electron chi connectivity index (χ2n) is 5.07. The summed E-state index contributed by atoms with van der Waals surface area (Å²) < 4.78 is 45.4. The first-order valence-corrected chi connectivity index (χ1v) is 7.84. The first-order chi connectivity index (χ1) is 9.25. The Morgan fingerprint density at radius 1 is 1.45 bits per heavy atom. The van der Waals surface area contributed by atoms with Crippen LogP contribution in [0, 0.1) is 12.7 Å². The maximum atomic E-state index is 13.7. The summed E-state index contributed by atoms with van der Waals surface area (Å²) in [4.78, 5) is -0.125. The van der Waals surface area contributed by atoms with Gasteiger partial charge in [0.15, 0.2) is 0 Å². The molecule has 2 rings (SSSR count). The van der Waals surface area contributed by atoms with Gasteiger partial charge in [0.05, 0.1) is 17.0 Å². The molecule has 1 fully saturated rings. The molecule has 1 aromatic carbocycles. The zero-order valence-corrected chi connectivity index (χ0v) is 12.6. The first kappa shape index (κ1) is 15.2. The van der Waals surface area contributed by atoms with E-state index in [9.17, 15) is 12.8 Å². The third kappa shape index (κ3) is 2.53. The second-order valence-corrected chi connectivity index (χ2v) is 7.07. The lowest BCUT2D eigenvalue weighted by atomic mass is 10.2. The van der Waals surface area contributed by atoms with E-state index >= 15 is 0 Å². The molecule has 1 aliphatic rings. The molecule has 0 saturated carbocycles. The Bertz CT molecular complexity index is 595. The van der Waals surface area contributed by atoms with Crippen LogP contribution in [-0.2, 0) is 14.8 Å². The number of halogens is 1. The number of nitrogen functional groups attached to an aromatic ring is 1. The van der Waals surface area contributed by atoms with Crippen molar-refractivity contribution in [2.45, 2.75) is 37.3 Å². The number of ether oxygens (including phenoxy) is 1. The lowest BCUT2D eigenvalue weighted by molar-refractivity contribution is 0.102. The van der Waals surface area contributed by atoms with Crippen molar-refractivity contribution in [2.75, 3.05) is 19.4 Å². The summed E-state index contributed by atoms with van der Waals surface area (Å²) in [6, 6.07) is 2.06. The largest absolute Gasteiger partial charge is 0.398 e. The molecule has 1 saturated heterocycles. The smallest absolute Gasteiger partial charge is 0.243 e.